The summed E-state index contributed by atoms with van der Waals surface area (Å²) in [6.45, 7) is 2.37. The fourth-order valence-electron chi connectivity index (χ4n) is 4.07. The van der Waals surface area contributed by atoms with Crippen molar-refractivity contribution in [3.63, 3.8) is 0 Å². The molecule has 0 aliphatic carbocycles. The molecule has 1 aromatic heterocycles. The van der Waals surface area contributed by atoms with Crippen LogP contribution in [-0.4, -0.2) is 10.2 Å². The molecule has 0 saturated heterocycles. The Hall–Kier alpha value is -4.24. The second-order valence-electron chi connectivity index (χ2n) is 7.49. The number of hydrogen-bond acceptors (Lipinski definition) is 5. The summed E-state index contributed by atoms with van der Waals surface area (Å²) in [6.07, 6.45) is 0. The second-order valence-corrected chi connectivity index (χ2v) is 7.49. The molecule has 2 heterocycles. The Labute approximate surface area is 179 Å². The van der Waals surface area contributed by atoms with E-state index in [0.29, 0.717) is 18.1 Å². The number of allylic oxidation sites excluding steroid dienone is 1. The standard InChI is InChI=1S/C25H20N4O2/c1-15-22-23(21(13-26)24(27)31-25(22)29-28-15)17-9-11-19(12-10-17)30-14-18-7-4-6-16-5-2-3-8-20(16)18/h2-12,23H,14,27H2,1H3,(H,28,29)/t23-/m1/s1. The van der Waals surface area contributed by atoms with E-state index in [1.54, 1.807) is 0 Å². The molecule has 1 aliphatic heterocycles. The van der Waals surface area contributed by atoms with Crippen LogP contribution < -0.4 is 15.2 Å². The second kappa shape index (κ2) is 7.54. The fraction of sp³-hybridized carbons (Fsp3) is 0.120. The third-order valence-corrected chi connectivity index (χ3v) is 5.62. The van der Waals surface area contributed by atoms with Crippen molar-refractivity contribution in [3.05, 3.63) is 101 Å². The molecule has 0 amide bonds. The highest BCUT2D eigenvalue weighted by molar-refractivity contribution is 5.85. The first-order valence-electron chi connectivity index (χ1n) is 9.97. The number of aromatic nitrogens is 2. The molecule has 0 bridgehead atoms. The van der Waals surface area contributed by atoms with Gasteiger partial charge in [0.05, 0.1) is 5.92 Å². The van der Waals surface area contributed by atoms with E-state index >= 15 is 0 Å². The highest BCUT2D eigenvalue weighted by atomic mass is 16.5. The van der Waals surface area contributed by atoms with Gasteiger partial charge in [0.15, 0.2) is 0 Å². The van der Waals surface area contributed by atoms with Crippen molar-refractivity contribution < 1.29 is 9.47 Å². The van der Waals surface area contributed by atoms with Gasteiger partial charge in [0.25, 0.3) is 0 Å². The number of nitriles is 1. The molecule has 0 unspecified atom stereocenters. The quantitative estimate of drug-likeness (QED) is 0.511. The van der Waals surface area contributed by atoms with Crippen molar-refractivity contribution in [1.29, 1.82) is 5.26 Å². The van der Waals surface area contributed by atoms with Gasteiger partial charge in [-0.1, -0.05) is 54.6 Å². The molecule has 1 aliphatic rings. The number of hydrogen-bond donors (Lipinski definition) is 2. The Morgan fingerprint density at radius 3 is 2.68 bits per heavy atom. The lowest BCUT2D eigenvalue weighted by molar-refractivity contribution is 0.307. The SMILES string of the molecule is Cc1[nH]nc2c1[C@H](c1ccc(OCc3cccc4ccccc34)cc1)C(C#N)=C(N)O2. The number of fused-ring (bicyclic) bond motifs is 2. The van der Waals surface area contributed by atoms with Crippen LogP contribution in [0, 0.1) is 18.3 Å². The highest BCUT2D eigenvalue weighted by Gasteiger charge is 2.34. The van der Waals surface area contributed by atoms with Crippen LogP contribution in [0.3, 0.4) is 0 Å². The van der Waals surface area contributed by atoms with E-state index < -0.39 is 0 Å². The molecule has 31 heavy (non-hydrogen) atoms. The maximum atomic E-state index is 9.68. The van der Waals surface area contributed by atoms with Gasteiger partial charge < -0.3 is 15.2 Å². The van der Waals surface area contributed by atoms with Crippen molar-refractivity contribution in [1.82, 2.24) is 10.2 Å². The number of H-pyrrole nitrogens is 1. The minimum Gasteiger partial charge on any atom is -0.489 e. The summed E-state index contributed by atoms with van der Waals surface area (Å²) in [6, 6.07) is 24.4. The number of ether oxygens (including phenoxy) is 2. The zero-order valence-corrected chi connectivity index (χ0v) is 16.9. The Kier molecular flexibility index (Phi) is 4.57. The molecule has 3 aromatic carbocycles. The van der Waals surface area contributed by atoms with Crippen LogP contribution in [0.15, 0.2) is 78.2 Å². The minimum atomic E-state index is -0.334. The Morgan fingerprint density at radius 2 is 1.87 bits per heavy atom. The third kappa shape index (κ3) is 3.26. The largest absolute Gasteiger partial charge is 0.489 e. The molecular weight excluding hydrogens is 388 g/mol. The summed E-state index contributed by atoms with van der Waals surface area (Å²) < 4.78 is 11.6. The Morgan fingerprint density at radius 1 is 1.10 bits per heavy atom. The van der Waals surface area contributed by atoms with Crippen LogP contribution in [0.4, 0.5) is 0 Å². The number of nitrogens with zero attached hydrogens (tertiary/aromatic N) is 2. The van der Waals surface area contributed by atoms with Gasteiger partial charge in [0.1, 0.15) is 24.0 Å². The first kappa shape index (κ1) is 18.8. The van der Waals surface area contributed by atoms with E-state index in [9.17, 15) is 5.26 Å². The number of rotatable bonds is 4. The summed E-state index contributed by atoms with van der Waals surface area (Å²) in [4.78, 5) is 0. The van der Waals surface area contributed by atoms with Gasteiger partial charge in [-0.2, -0.15) is 5.26 Å². The molecule has 3 N–H and O–H groups in total. The monoisotopic (exact) mass is 408 g/mol. The molecule has 1 atom stereocenters. The highest BCUT2D eigenvalue weighted by Crippen LogP contribution is 2.42. The van der Waals surface area contributed by atoms with Crippen LogP contribution >= 0.6 is 0 Å². The minimum absolute atomic E-state index is 0.0859. The molecule has 152 valence electrons. The van der Waals surface area contributed by atoms with Crippen LogP contribution in [0.1, 0.15) is 28.3 Å². The summed E-state index contributed by atoms with van der Waals surface area (Å²) in [5, 5.41) is 19.1. The van der Waals surface area contributed by atoms with Crippen LogP contribution in [0.2, 0.25) is 0 Å². The summed E-state index contributed by atoms with van der Waals surface area (Å²) in [5.74, 6) is 0.918. The molecular formula is C25H20N4O2. The molecule has 6 heteroatoms. The van der Waals surface area contributed by atoms with E-state index in [0.717, 1.165) is 28.1 Å². The number of benzene rings is 3. The lowest BCUT2D eigenvalue weighted by Gasteiger charge is -2.23. The molecule has 0 saturated carbocycles. The normalized spacial score (nSPS) is 15.3. The molecule has 5 rings (SSSR count). The van der Waals surface area contributed by atoms with Gasteiger partial charge in [-0.25, -0.2) is 0 Å². The van der Waals surface area contributed by atoms with E-state index in [-0.39, 0.29) is 11.8 Å². The number of aromatic amines is 1. The zero-order chi connectivity index (χ0) is 21.4. The lowest BCUT2D eigenvalue weighted by Crippen LogP contribution is -2.21. The van der Waals surface area contributed by atoms with Crippen LogP contribution in [0.25, 0.3) is 10.8 Å². The van der Waals surface area contributed by atoms with Crippen molar-refractivity contribution >= 4 is 10.8 Å². The Balaban J connectivity index is 1.41. The number of aryl methyl sites for hydroxylation is 1. The molecule has 0 radical (unpaired) electrons. The predicted molar refractivity (Wildman–Crippen MR) is 117 cm³/mol. The van der Waals surface area contributed by atoms with Crippen molar-refractivity contribution in [3.8, 4) is 17.7 Å². The molecule has 6 nitrogen and oxygen atoms in total. The summed E-state index contributed by atoms with van der Waals surface area (Å²) in [5.41, 5.74) is 10.1. The summed E-state index contributed by atoms with van der Waals surface area (Å²) in [7, 11) is 0. The third-order valence-electron chi connectivity index (χ3n) is 5.62. The van der Waals surface area contributed by atoms with Gasteiger partial charge in [0.2, 0.25) is 11.8 Å². The van der Waals surface area contributed by atoms with Crippen LogP contribution in [-0.2, 0) is 6.61 Å². The average molecular weight is 408 g/mol. The average Bonchev–Trinajstić information content (AvgIpc) is 3.17. The molecule has 4 aromatic rings. The summed E-state index contributed by atoms with van der Waals surface area (Å²) >= 11 is 0. The topological polar surface area (TPSA) is 97.0 Å². The maximum absolute atomic E-state index is 9.68. The van der Waals surface area contributed by atoms with E-state index in [1.807, 2.05) is 49.4 Å². The van der Waals surface area contributed by atoms with Gasteiger partial charge in [0, 0.05) is 11.3 Å². The molecule has 0 spiro atoms. The van der Waals surface area contributed by atoms with Gasteiger partial charge >= 0.3 is 0 Å². The number of nitrogens with two attached hydrogens (primary N) is 1. The lowest BCUT2D eigenvalue weighted by atomic mass is 9.84. The fourth-order valence-corrected chi connectivity index (χ4v) is 4.07. The maximum Gasteiger partial charge on any atom is 0.244 e. The smallest absolute Gasteiger partial charge is 0.244 e. The van der Waals surface area contributed by atoms with Gasteiger partial charge in [-0.05, 0) is 41.0 Å². The predicted octanol–water partition coefficient (Wildman–Crippen LogP) is 4.67. The first-order valence-corrected chi connectivity index (χ1v) is 9.97. The van der Waals surface area contributed by atoms with Gasteiger partial charge in [-0.15, -0.1) is 5.10 Å². The zero-order valence-electron chi connectivity index (χ0n) is 16.9. The van der Waals surface area contributed by atoms with Crippen molar-refractivity contribution in [2.45, 2.75) is 19.4 Å². The van der Waals surface area contributed by atoms with E-state index in [4.69, 9.17) is 15.2 Å². The van der Waals surface area contributed by atoms with E-state index in [1.165, 1.54) is 10.8 Å². The van der Waals surface area contributed by atoms with Crippen LogP contribution in [0.5, 0.6) is 11.6 Å². The van der Waals surface area contributed by atoms with Gasteiger partial charge in [-0.3, -0.25) is 5.10 Å². The number of nitrogens with one attached hydrogen (secondary N) is 1. The van der Waals surface area contributed by atoms with Crippen molar-refractivity contribution in [2.75, 3.05) is 0 Å². The van der Waals surface area contributed by atoms with E-state index in [2.05, 4.69) is 40.5 Å². The molecule has 0 fully saturated rings. The Bertz CT molecular complexity index is 1340. The van der Waals surface area contributed by atoms with Crippen molar-refractivity contribution in [2.24, 2.45) is 5.73 Å². The first-order chi connectivity index (χ1) is 15.2.